The molecule has 0 saturated carbocycles. The van der Waals surface area contributed by atoms with Crippen molar-refractivity contribution >= 4 is 27.8 Å². The van der Waals surface area contributed by atoms with Crippen LogP contribution in [0, 0.1) is 12.3 Å². The van der Waals surface area contributed by atoms with Gasteiger partial charge < -0.3 is 10.0 Å². The van der Waals surface area contributed by atoms with Crippen LogP contribution in [0.25, 0.3) is 0 Å². The van der Waals surface area contributed by atoms with Crippen LogP contribution in [0.1, 0.15) is 22.3 Å². The number of carbonyl (C=O) groups is 2. The van der Waals surface area contributed by atoms with Crippen molar-refractivity contribution in [3.05, 3.63) is 33.8 Å². The third-order valence-corrected chi connectivity index (χ3v) is 4.80. The molecule has 1 N–H and O–H groups in total. The lowest BCUT2D eigenvalue weighted by atomic mass is 9.86. The molecule has 8 heteroatoms. The zero-order valence-corrected chi connectivity index (χ0v) is 13.2. The number of carbonyl (C=O) groups excluding carboxylic acids is 1. The molecule has 120 valence electrons. The summed E-state index contributed by atoms with van der Waals surface area (Å²) in [4.78, 5) is 24.4. The highest BCUT2D eigenvalue weighted by Crippen LogP contribution is 2.46. The summed E-state index contributed by atoms with van der Waals surface area (Å²) >= 11 is 3.27. The molecule has 1 fully saturated rings. The molecule has 0 aliphatic carbocycles. The minimum atomic E-state index is -4.90. The predicted molar refractivity (Wildman–Crippen MR) is 75.5 cm³/mol. The van der Waals surface area contributed by atoms with Crippen molar-refractivity contribution in [3.63, 3.8) is 0 Å². The van der Waals surface area contributed by atoms with Gasteiger partial charge in [-0.3, -0.25) is 9.59 Å². The van der Waals surface area contributed by atoms with Crippen LogP contribution >= 0.6 is 15.9 Å². The highest BCUT2D eigenvalue weighted by molar-refractivity contribution is 9.10. The van der Waals surface area contributed by atoms with Gasteiger partial charge in [0.2, 0.25) is 0 Å². The van der Waals surface area contributed by atoms with Crippen molar-refractivity contribution < 1.29 is 27.9 Å². The molecule has 1 atom stereocenters. The van der Waals surface area contributed by atoms with E-state index in [9.17, 15) is 22.8 Å². The monoisotopic (exact) mass is 379 g/mol. The Balaban J connectivity index is 2.27. The van der Waals surface area contributed by atoms with Gasteiger partial charge in [0.15, 0.2) is 5.41 Å². The number of hydrogen-bond acceptors (Lipinski definition) is 2. The maximum absolute atomic E-state index is 13.1. The number of carboxylic acids is 1. The maximum atomic E-state index is 13.1. The van der Waals surface area contributed by atoms with Crippen LogP contribution in [0.2, 0.25) is 0 Å². The molecule has 22 heavy (non-hydrogen) atoms. The van der Waals surface area contributed by atoms with Crippen LogP contribution in [0.3, 0.4) is 0 Å². The lowest BCUT2D eigenvalue weighted by Crippen LogP contribution is -2.47. The average molecular weight is 380 g/mol. The van der Waals surface area contributed by atoms with E-state index in [4.69, 9.17) is 5.11 Å². The summed E-state index contributed by atoms with van der Waals surface area (Å²) < 4.78 is 40.1. The Labute approximate surface area is 133 Å². The van der Waals surface area contributed by atoms with Crippen molar-refractivity contribution in [2.24, 2.45) is 5.41 Å². The molecule has 1 aliphatic rings. The topological polar surface area (TPSA) is 57.6 Å². The number of aliphatic carboxylic acids is 1. The highest BCUT2D eigenvalue weighted by Gasteiger charge is 2.64. The number of halogens is 4. The third kappa shape index (κ3) is 2.71. The maximum Gasteiger partial charge on any atom is 0.406 e. The van der Waals surface area contributed by atoms with Gasteiger partial charge in [-0.05, 0) is 37.1 Å². The van der Waals surface area contributed by atoms with E-state index in [2.05, 4.69) is 15.9 Å². The zero-order chi connectivity index (χ0) is 16.7. The normalized spacial score (nSPS) is 22.0. The number of rotatable bonds is 2. The lowest BCUT2D eigenvalue weighted by molar-refractivity contribution is -0.227. The molecule has 4 nitrogen and oxygen atoms in total. The number of likely N-dealkylation sites (tertiary alicyclic amines) is 1. The van der Waals surface area contributed by atoms with Crippen LogP contribution in [0.15, 0.2) is 22.7 Å². The van der Waals surface area contributed by atoms with E-state index in [-0.39, 0.29) is 12.1 Å². The summed E-state index contributed by atoms with van der Waals surface area (Å²) in [5.41, 5.74) is -1.87. The van der Waals surface area contributed by atoms with Crippen LogP contribution < -0.4 is 0 Å². The molecule has 1 amide bonds. The van der Waals surface area contributed by atoms with E-state index in [0.29, 0.717) is 0 Å². The van der Waals surface area contributed by atoms with Gasteiger partial charge in [-0.25, -0.2) is 0 Å². The van der Waals surface area contributed by atoms with E-state index >= 15 is 0 Å². The van der Waals surface area contributed by atoms with Crippen molar-refractivity contribution in [2.45, 2.75) is 19.5 Å². The number of alkyl halides is 3. The Morgan fingerprint density at radius 1 is 1.36 bits per heavy atom. The minimum absolute atomic E-state index is 0.236. The van der Waals surface area contributed by atoms with E-state index in [0.717, 1.165) is 14.9 Å². The molecule has 1 aliphatic heterocycles. The Kier molecular flexibility index (Phi) is 4.25. The fraction of sp³-hybridized carbons (Fsp3) is 0.429. The fourth-order valence-corrected chi connectivity index (χ4v) is 2.72. The fourth-order valence-electron chi connectivity index (χ4n) is 2.47. The molecule has 0 radical (unpaired) electrons. The summed E-state index contributed by atoms with van der Waals surface area (Å²) in [7, 11) is 0. The first kappa shape index (κ1) is 16.8. The van der Waals surface area contributed by atoms with E-state index < -0.39 is 36.4 Å². The second-order valence-electron chi connectivity index (χ2n) is 5.33. The lowest BCUT2D eigenvalue weighted by Gasteiger charge is -2.27. The van der Waals surface area contributed by atoms with Crippen LogP contribution in [-0.4, -0.2) is 41.1 Å². The molecule has 1 saturated heterocycles. The van der Waals surface area contributed by atoms with Gasteiger partial charge in [0, 0.05) is 23.1 Å². The van der Waals surface area contributed by atoms with Gasteiger partial charge >= 0.3 is 12.1 Å². The van der Waals surface area contributed by atoms with E-state index in [1.165, 1.54) is 6.07 Å². The number of benzene rings is 1. The van der Waals surface area contributed by atoms with Crippen LogP contribution in [-0.2, 0) is 4.79 Å². The Morgan fingerprint density at radius 3 is 2.45 bits per heavy atom. The summed E-state index contributed by atoms with van der Waals surface area (Å²) in [6.07, 6.45) is -5.53. The largest absolute Gasteiger partial charge is 0.481 e. The van der Waals surface area contributed by atoms with Gasteiger partial charge in [-0.1, -0.05) is 15.9 Å². The van der Waals surface area contributed by atoms with Crippen LogP contribution in [0.5, 0.6) is 0 Å². The molecule has 0 spiro atoms. The Morgan fingerprint density at radius 2 is 2.00 bits per heavy atom. The second-order valence-corrected chi connectivity index (χ2v) is 6.18. The standard InChI is InChI=1S/C14H13BrF3NO3/c1-8-6-9(2-3-10(8)15)11(20)19-5-4-13(7-19,12(21)22)14(16,17)18/h2-3,6H,4-5,7H2,1H3,(H,21,22). The SMILES string of the molecule is Cc1cc(C(=O)N2CCC(C(=O)O)(C(F)(F)F)C2)ccc1Br. The van der Waals surface area contributed by atoms with Crippen molar-refractivity contribution in [3.8, 4) is 0 Å². The first-order valence-corrected chi connectivity index (χ1v) is 7.23. The quantitative estimate of drug-likeness (QED) is 0.857. The molecular formula is C14H13BrF3NO3. The van der Waals surface area contributed by atoms with Gasteiger partial charge in [0.05, 0.1) is 0 Å². The van der Waals surface area contributed by atoms with E-state index in [1.54, 1.807) is 19.1 Å². The van der Waals surface area contributed by atoms with Crippen LogP contribution in [0.4, 0.5) is 13.2 Å². The number of carboxylic acid groups (broad SMARTS) is 1. The number of amides is 1. The number of hydrogen-bond donors (Lipinski definition) is 1. The van der Waals surface area contributed by atoms with Crippen molar-refractivity contribution in [1.82, 2.24) is 4.90 Å². The molecule has 1 heterocycles. The molecule has 1 aromatic rings. The Bertz CT molecular complexity index is 632. The summed E-state index contributed by atoms with van der Waals surface area (Å²) in [5.74, 6) is -2.54. The first-order chi connectivity index (χ1) is 10.1. The van der Waals surface area contributed by atoms with E-state index in [1.807, 2.05) is 0 Å². The average Bonchev–Trinajstić information content (AvgIpc) is 2.87. The molecule has 0 bridgehead atoms. The first-order valence-electron chi connectivity index (χ1n) is 6.44. The second kappa shape index (κ2) is 5.57. The predicted octanol–water partition coefficient (Wildman–Crippen LogP) is 3.24. The summed E-state index contributed by atoms with van der Waals surface area (Å²) in [6.45, 7) is 0.654. The smallest absolute Gasteiger partial charge is 0.406 e. The zero-order valence-electron chi connectivity index (χ0n) is 11.6. The number of aryl methyl sites for hydroxylation is 1. The molecule has 1 aromatic carbocycles. The number of nitrogens with zero attached hydrogens (tertiary/aromatic N) is 1. The van der Waals surface area contributed by atoms with Gasteiger partial charge in [-0.2, -0.15) is 13.2 Å². The van der Waals surface area contributed by atoms with Crippen molar-refractivity contribution in [1.29, 1.82) is 0 Å². The van der Waals surface area contributed by atoms with Gasteiger partial charge in [-0.15, -0.1) is 0 Å². The summed E-state index contributed by atoms with van der Waals surface area (Å²) in [6, 6.07) is 4.68. The molecule has 1 unspecified atom stereocenters. The summed E-state index contributed by atoms with van der Waals surface area (Å²) in [5, 5.41) is 8.99. The molecule has 2 rings (SSSR count). The van der Waals surface area contributed by atoms with Crippen molar-refractivity contribution in [2.75, 3.05) is 13.1 Å². The van der Waals surface area contributed by atoms with Gasteiger partial charge in [0.1, 0.15) is 0 Å². The minimum Gasteiger partial charge on any atom is -0.481 e. The highest BCUT2D eigenvalue weighted by atomic mass is 79.9. The molecule has 0 aromatic heterocycles. The molecular weight excluding hydrogens is 367 g/mol. The third-order valence-electron chi connectivity index (χ3n) is 3.91. The Hall–Kier alpha value is -1.57. The van der Waals surface area contributed by atoms with Gasteiger partial charge in [0.25, 0.3) is 5.91 Å².